The number of hydrogen-bond acceptors (Lipinski definition) is 2. The Hall–Kier alpha value is -1.07. The monoisotopic (exact) mass is 287 g/mol. The van der Waals surface area contributed by atoms with Crippen LogP contribution in [0, 0.1) is 5.92 Å². The standard InChI is InChI=1S/C15H20F3NO/c1-3-13-12(8-9-20-13)14(19-2)10-4-6-11(7-5-10)15(16,17)18/h4-7,12-14,19H,3,8-9H2,1-2H3. The van der Waals surface area contributed by atoms with Crippen molar-refractivity contribution >= 4 is 0 Å². The highest BCUT2D eigenvalue weighted by Crippen LogP contribution is 2.36. The molecule has 1 heterocycles. The van der Waals surface area contributed by atoms with Crippen LogP contribution in [-0.2, 0) is 10.9 Å². The van der Waals surface area contributed by atoms with Gasteiger partial charge in [-0.05, 0) is 37.6 Å². The number of benzene rings is 1. The predicted octanol–water partition coefficient (Wildman–Crippen LogP) is 3.78. The lowest BCUT2D eigenvalue weighted by Crippen LogP contribution is -2.30. The van der Waals surface area contributed by atoms with Gasteiger partial charge in [0.15, 0.2) is 0 Å². The fourth-order valence-corrected chi connectivity index (χ4v) is 2.97. The molecule has 0 saturated carbocycles. The van der Waals surface area contributed by atoms with Gasteiger partial charge in [-0.25, -0.2) is 0 Å². The normalized spacial score (nSPS) is 24.9. The summed E-state index contributed by atoms with van der Waals surface area (Å²) in [4.78, 5) is 0. The molecule has 3 unspecified atom stereocenters. The van der Waals surface area contributed by atoms with E-state index in [0.717, 1.165) is 37.1 Å². The van der Waals surface area contributed by atoms with Crippen molar-refractivity contribution in [3.05, 3.63) is 35.4 Å². The topological polar surface area (TPSA) is 21.3 Å². The number of halogens is 3. The second kappa shape index (κ2) is 6.14. The van der Waals surface area contributed by atoms with E-state index in [9.17, 15) is 13.2 Å². The van der Waals surface area contributed by atoms with Crippen LogP contribution in [0.2, 0.25) is 0 Å². The Labute approximate surface area is 117 Å². The van der Waals surface area contributed by atoms with Crippen molar-refractivity contribution in [3.8, 4) is 0 Å². The summed E-state index contributed by atoms with van der Waals surface area (Å²) < 4.78 is 43.4. The minimum atomic E-state index is -4.28. The summed E-state index contributed by atoms with van der Waals surface area (Å²) in [5.41, 5.74) is 0.278. The minimum Gasteiger partial charge on any atom is -0.378 e. The first-order valence-corrected chi connectivity index (χ1v) is 6.93. The van der Waals surface area contributed by atoms with Crippen molar-refractivity contribution in [3.63, 3.8) is 0 Å². The molecular formula is C15H20F3NO. The quantitative estimate of drug-likeness (QED) is 0.910. The van der Waals surface area contributed by atoms with Crippen LogP contribution in [-0.4, -0.2) is 19.8 Å². The second-order valence-corrected chi connectivity index (χ2v) is 5.16. The highest BCUT2D eigenvalue weighted by molar-refractivity contribution is 5.27. The summed E-state index contributed by atoms with van der Waals surface area (Å²) in [6.45, 7) is 2.80. The molecular weight excluding hydrogens is 267 g/mol. The van der Waals surface area contributed by atoms with Gasteiger partial charge in [-0.1, -0.05) is 19.1 Å². The van der Waals surface area contributed by atoms with E-state index in [0.29, 0.717) is 5.92 Å². The maximum absolute atomic E-state index is 12.6. The van der Waals surface area contributed by atoms with Crippen LogP contribution in [0.4, 0.5) is 13.2 Å². The summed E-state index contributed by atoms with van der Waals surface area (Å²) in [6, 6.07) is 5.46. The summed E-state index contributed by atoms with van der Waals surface area (Å²) in [6.07, 6.45) is -2.25. The maximum atomic E-state index is 12.6. The first-order chi connectivity index (χ1) is 9.47. The zero-order valence-electron chi connectivity index (χ0n) is 11.7. The van der Waals surface area contributed by atoms with E-state index in [4.69, 9.17) is 4.74 Å². The van der Waals surface area contributed by atoms with Crippen LogP contribution >= 0.6 is 0 Å². The Morgan fingerprint density at radius 3 is 2.45 bits per heavy atom. The third-order valence-electron chi connectivity index (χ3n) is 4.00. The zero-order chi connectivity index (χ0) is 14.8. The molecule has 5 heteroatoms. The van der Waals surface area contributed by atoms with E-state index >= 15 is 0 Å². The summed E-state index contributed by atoms with van der Waals surface area (Å²) in [7, 11) is 1.84. The first kappa shape index (κ1) is 15.3. The van der Waals surface area contributed by atoms with Crippen molar-refractivity contribution in [1.29, 1.82) is 0 Å². The van der Waals surface area contributed by atoms with Crippen molar-refractivity contribution in [2.45, 2.75) is 38.1 Å². The second-order valence-electron chi connectivity index (χ2n) is 5.16. The smallest absolute Gasteiger partial charge is 0.378 e. The first-order valence-electron chi connectivity index (χ1n) is 6.93. The van der Waals surface area contributed by atoms with Crippen LogP contribution in [0.3, 0.4) is 0 Å². The van der Waals surface area contributed by atoms with Crippen molar-refractivity contribution in [2.75, 3.05) is 13.7 Å². The summed E-state index contributed by atoms with van der Waals surface area (Å²) in [5, 5.41) is 3.22. The molecule has 1 N–H and O–H groups in total. The molecule has 0 spiro atoms. The number of hydrogen-bond donors (Lipinski definition) is 1. The fraction of sp³-hybridized carbons (Fsp3) is 0.600. The number of rotatable bonds is 4. The highest BCUT2D eigenvalue weighted by atomic mass is 19.4. The average molecular weight is 287 g/mol. The maximum Gasteiger partial charge on any atom is 0.416 e. The van der Waals surface area contributed by atoms with E-state index in [1.165, 1.54) is 0 Å². The van der Waals surface area contributed by atoms with Gasteiger partial charge in [0, 0.05) is 18.6 Å². The Morgan fingerprint density at radius 1 is 1.30 bits per heavy atom. The van der Waals surface area contributed by atoms with Gasteiger partial charge in [-0.15, -0.1) is 0 Å². The molecule has 0 bridgehead atoms. The minimum absolute atomic E-state index is 0.0322. The molecule has 1 fully saturated rings. The van der Waals surface area contributed by atoms with Crippen LogP contribution < -0.4 is 5.32 Å². The van der Waals surface area contributed by atoms with Gasteiger partial charge >= 0.3 is 6.18 Å². The Bertz CT molecular complexity index is 430. The van der Waals surface area contributed by atoms with Gasteiger partial charge in [-0.2, -0.15) is 13.2 Å². The average Bonchev–Trinajstić information content (AvgIpc) is 2.87. The Morgan fingerprint density at radius 2 is 1.95 bits per heavy atom. The molecule has 2 nitrogen and oxygen atoms in total. The summed E-state index contributed by atoms with van der Waals surface area (Å²) in [5.74, 6) is 0.307. The molecule has 2 rings (SSSR count). The Kier molecular flexibility index (Phi) is 4.70. The molecule has 112 valence electrons. The van der Waals surface area contributed by atoms with E-state index < -0.39 is 11.7 Å². The van der Waals surface area contributed by atoms with Gasteiger partial charge in [0.05, 0.1) is 11.7 Å². The number of ether oxygens (including phenoxy) is 1. The fourth-order valence-electron chi connectivity index (χ4n) is 2.97. The van der Waals surface area contributed by atoms with Crippen LogP contribution in [0.1, 0.15) is 36.9 Å². The number of alkyl halides is 3. The third kappa shape index (κ3) is 3.15. The highest BCUT2D eigenvalue weighted by Gasteiger charge is 2.34. The van der Waals surface area contributed by atoms with Gasteiger partial charge in [0.25, 0.3) is 0 Å². The van der Waals surface area contributed by atoms with Crippen molar-refractivity contribution in [1.82, 2.24) is 5.32 Å². The van der Waals surface area contributed by atoms with E-state index in [1.54, 1.807) is 12.1 Å². The molecule has 0 aliphatic carbocycles. The lowest BCUT2D eigenvalue weighted by atomic mass is 9.86. The third-order valence-corrected chi connectivity index (χ3v) is 4.00. The molecule has 0 amide bonds. The zero-order valence-corrected chi connectivity index (χ0v) is 11.7. The van der Waals surface area contributed by atoms with E-state index in [1.807, 2.05) is 7.05 Å². The molecule has 1 aromatic rings. The van der Waals surface area contributed by atoms with E-state index in [2.05, 4.69) is 12.2 Å². The molecule has 1 aliphatic rings. The van der Waals surface area contributed by atoms with Gasteiger partial charge in [0.2, 0.25) is 0 Å². The van der Waals surface area contributed by atoms with Crippen LogP contribution in [0.5, 0.6) is 0 Å². The largest absolute Gasteiger partial charge is 0.416 e. The number of nitrogens with one attached hydrogen (secondary N) is 1. The molecule has 1 aliphatic heterocycles. The lowest BCUT2D eigenvalue weighted by Gasteiger charge is -2.27. The van der Waals surface area contributed by atoms with Crippen molar-refractivity contribution < 1.29 is 17.9 Å². The Balaban J connectivity index is 2.19. The molecule has 0 radical (unpaired) electrons. The van der Waals surface area contributed by atoms with E-state index in [-0.39, 0.29) is 12.1 Å². The van der Waals surface area contributed by atoms with Gasteiger partial charge in [-0.3, -0.25) is 0 Å². The van der Waals surface area contributed by atoms with Crippen LogP contribution in [0.25, 0.3) is 0 Å². The molecule has 1 aromatic carbocycles. The SMILES string of the molecule is CCC1OCCC1C(NC)c1ccc(C(F)(F)F)cc1. The van der Waals surface area contributed by atoms with Crippen molar-refractivity contribution in [2.24, 2.45) is 5.92 Å². The molecule has 20 heavy (non-hydrogen) atoms. The molecule has 0 aromatic heterocycles. The predicted molar refractivity (Wildman–Crippen MR) is 71.4 cm³/mol. The van der Waals surface area contributed by atoms with Gasteiger partial charge < -0.3 is 10.1 Å². The summed E-state index contributed by atoms with van der Waals surface area (Å²) >= 11 is 0. The molecule has 1 saturated heterocycles. The van der Waals surface area contributed by atoms with Crippen LogP contribution in [0.15, 0.2) is 24.3 Å². The lowest BCUT2D eigenvalue weighted by molar-refractivity contribution is -0.137. The van der Waals surface area contributed by atoms with Gasteiger partial charge in [0.1, 0.15) is 0 Å². The molecule has 3 atom stereocenters.